The second-order valence-electron chi connectivity index (χ2n) is 2.43. The number of carboxylic acid groups (broad SMARTS) is 1. The van der Waals surface area contributed by atoms with Gasteiger partial charge >= 0.3 is 5.97 Å². The predicted molar refractivity (Wildman–Crippen MR) is 48.7 cm³/mol. The molecule has 0 aliphatic heterocycles. The molecule has 0 fully saturated rings. The first-order valence-electron chi connectivity index (χ1n) is 3.46. The molecule has 2 aromatic rings. The van der Waals surface area contributed by atoms with Crippen LogP contribution in [0.15, 0.2) is 27.2 Å². The number of pyridine rings is 1. The van der Waals surface area contributed by atoms with E-state index in [1.54, 1.807) is 12.3 Å². The van der Waals surface area contributed by atoms with Gasteiger partial charge in [0.05, 0.1) is 5.39 Å². The highest BCUT2D eigenvalue weighted by Crippen LogP contribution is 2.24. The zero-order chi connectivity index (χ0) is 9.42. The second-order valence-corrected chi connectivity index (χ2v) is 3.28. The number of halogens is 1. The Hall–Kier alpha value is -1.36. The maximum absolute atomic E-state index is 10.5. The molecule has 4 nitrogen and oxygen atoms in total. The van der Waals surface area contributed by atoms with E-state index in [0.29, 0.717) is 11.1 Å². The zero-order valence-corrected chi connectivity index (χ0v) is 7.91. The van der Waals surface area contributed by atoms with Crippen LogP contribution in [0.3, 0.4) is 0 Å². The smallest absolute Gasteiger partial charge is 0.371 e. The Kier molecular flexibility index (Phi) is 1.81. The van der Waals surface area contributed by atoms with Crippen LogP contribution >= 0.6 is 15.9 Å². The van der Waals surface area contributed by atoms with Gasteiger partial charge in [0, 0.05) is 16.7 Å². The third-order valence-electron chi connectivity index (χ3n) is 1.59. The van der Waals surface area contributed by atoms with Crippen LogP contribution in [0.1, 0.15) is 10.6 Å². The van der Waals surface area contributed by atoms with E-state index in [1.807, 2.05) is 0 Å². The van der Waals surface area contributed by atoms with E-state index in [4.69, 9.17) is 9.52 Å². The quantitative estimate of drug-likeness (QED) is 0.833. The monoisotopic (exact) mass is 241 g/mol. The predicted octanol–water partition coefficient (Wildman–Crippen LogP) is 2.29. The van der Waals surface area contributed by atoms with Crippen LogP contribution in [0, 0.1) is 0 Å². The number of carbonyl (C=O) groups is 1. The summed E-state index contributed by atoms with van der Waals surface area (Å²) in [4.78, 5) is 14.4. The number of aromatic carboxylic acids is 1. The molecule has 1 N–H and O–H groups in total. The number of hydrogen-bond acceptors (Lipinski definition) is 3. The molecule has 0 radical (unpaired) electrons. The van der Waals surface area contributed by atoms with Gasteiger partial charge in [0.15, 0.2) is 0 Å². The van der Waals surface area contributed by atoms with Crippen molar-refractivity contribution in [3.63, 3.8) is 0 Å². The second kappa shape index (κ2) is 2.85. The van der Waals surface area contributed by atoms with Crippen LogP contribution < -0.4 is 0 Å². The van der Waals surface area contributed by atoms with E-state index in [0.717, 1.165) is 4.47 Å². The van der Waals surface area contributed by atoms with E-state index < -0.39 is 5.97 Å². The molecule has 0 saturated heterocycles. The van der Waals surface area contributed by atoms with E-state index >= 15 is 0 Å². The SMILES string of the molecule is O=C(O)c1cc2c(Br)ccnc2o1. The molecule has 13 heavy (non-hydrogen) atoms. The number of carboxylic acids is 1. The van der Waals surface area contributed by atoms with Crippen LogP contribution in [-0.2, 0) is 0 Å². The van der Waals surface area contributed by atoms with Crippen molar-refractivity contribution in [2.45, 2.75) is 0 Å². The molecular formula is C8H4BrNO3. The molecule has 2 rings (SSSR count). The number of fused-ring (bicyclic) bond motifs is 1. The standard InChI is InChI=1S/C8H4BrNO3/c9-5-1-2-10-7-4(5)3-6(13-7)8(11)12/h1-3H,(H,11,12). The molecule has 2 aromatic heterocycles. The topological polar surface area (TPSA) is 63.3 Å². The first-order chi connectivity index (χ1) is 6.18. The first-order valence-corrected chi connectivity index (χ1v) is 4.25. The van der Waals surface area contributed by atoms with Gasteiger partial charge < -0.3 is 9.52 Å². The highest BCUT2D eigenvalue weighted by molar-refractivity contribution is 9.10. The number of nitrogens with zero attached hydrogens (tertiary/aromatic N) is 1. The Morgan fingerprint density at radius 3 is 3.00 bits per heavy atom. The fourth-order valence-corrected chi connectivity index (χ4v) is 1.42. The molecule has 5 heteroatoms. The summed E-state index contributed by atoms with van der Waals surface area (Å²) in [5, 5.41) is 9.31. The van der Waals surface area contributed by atoms with Crippen molar-refractivity contribution in [1.82, 2.24) is 4.98 Å². The number of aromatic nitrogens is 1. The molecule has 0 unspecified atom stereocenters. The van der Waals surface area contributed by atoms with Crippen LogP contribution in [0.4, 0.5) is 0 Å². The molecule has 2 heterocycles. The van der Waals surface area contributed by atoms with Gasteiger partial charge in [0.25, 0.3) is 0 Å². The summed E-state index contributed by atoms with van der Waals surface area (Å²) in [6.45, 7) is 0. The van der Waals surface area contributed by atoms with Crippen molar-refractivity contribution in [2.24, 2.45) is 0 Å². The fraction of sp³-hybridized carbons (Fsp3) is 0. The molecule has 0 aromatic carbocycles. The van der Waals surface area contributed by atoms with E-state index in [2.05, 4.69) is 20.9 Å². The highest BCUT2D eigenvalue weighted by atomic mass is 79.9. The van der Waals surface area contributed by atoms with Gasteiger partial charge in [-0.2, -0.15) is 0 Å². The van der Waals surface area contributed by atoms with Gasteiger partial charge in [-0.3, -0.25) is 0 Å². The summed E-state index contributed by atoms with van der Waals surface area (Å²) in [6, 6.07) is 3.16. The van der Waals surface area contributed by atoms with Crippen LogP contribution in [-0.4, -0.2) is 16.1 Å². The fourth-order valence-electron chi connectivity index (χ4n) is 1.01. The van der Waals surface area contributed by atoms with E-state index in [-0.39, 0.29) is 5.76 Å². The molecule has 0 spiro atoms. The lowest BCUT2D eigenvalue weighted by Gasteiger charge is -1.87. The summed E-state index contributed by atoms with van der Waals surface area (Å²) >= 11 is 3.27. The molecule has 66 valence electrons. The maximum atomic E-state index is 10.5. The first kappa shape index (κ1) is 8.25. The van der Waals surface area contributed by atoms with Gasteiger partial charge in [-0.25, -0.2) is 9.78 Å². The lowest BCUT2D eigenvalue weighted by molar-refractivity contribution is 0.0664. The van der Waals surface area contributed by atoms with Crippen molar-refractivity contribution in [2.75, 3.05) is 0 Å². The summed E-state index contributed by atoms with van der Waals surface area (Å²) < 4.78 is 5.74. The molecule has 0 amide bonds. The average molecular weight is 242 g/mol. The number of furan rings is 1. The molecule has 0 bridgehead atoms. The third kappa shape index (κ3) is 1.31. The summed E-state index contributed by atoms with van der Waals surface area (Å²) in [7, 11) is 0. The van der Waals surface area contributed by atoms with E-state index in [9.17, 15) is 4.79 Å². The zero-order valence-electron chi connectivity index (χ0n) is 6.32. The lowest BCUT2D eigenvalue weighted by atomic mass is 10.3. The van der Waals surface area contributed by atoms with Crippen molar-refractivity contribution in [3.05, 3.63) is 28.6 Å². The van der Waals surface area contributed by atoms with Crippen molar-refractivity contribution in [1.29, 1.82) is 0 Å². The van der Waals surface area contributed by atoms with Crippen molar-refractivity contribution < 1.29 is 14.3 Å². The maximum Gasteiger partial charge on any atom is 0.371 e. The number of rotatable bonds is 1. The Labute approximate surface area is 81.3 Å². The summed E-state index contributed by atoms with van der Waals surface area (Å²) in [5.74, 6) is -1.20. The molecule has 0 aliphatic carbocycles. The van der Waals surface area contributed by atoms with Crippen LogP contribution in [0.2, 0.25) is 0 Å². The third-order valence-corrected chi connectivity index (χ3v) is 2.28. The Morgan fingerprint density at radius 2 is 2.38 bits per heavy atom. The Morgan fingerprint density at radius 1 is 1.62 bits per heavy atom. The minimum absolute atomic E-state index is 0.102. The Balaban J connectivity index is 2.75. The Bertz CT molecular complexity index is 477. The minimum Gasteiger partial charge on any atom is -0.475 e. The summed E-state index contributed by atoms with van der Waals surface area (Å²) in [6.07, 6.45) is 1.54. The highest BCUT2D eigenvalue weighted by Gasteiger charge is 2.12. The normalized spacial score (nSPS) is 10.5. The van der Waals surface area contributed by atoms with Gasteiger partial charge in [0.1, 0.15) is 0 Å². The number of hydrogen-bond donors (Lipinski definition) is 1. The minimum atomic E-state index is -1.09. The summed E-state index contributed by atoms with van der Waals surface area (Å²) in [5.41, 5.74) is 0.326. The van der Waals surface area contributed by atoms with Crippen LogP contribution in [0.25, 0.3) is 11.1 Å². The molecular weight excluding hydrogens is 238 g/mol. The van der Waals surface area contributed by atoms with E-state index in [1.165, 1.54) is 6.07 Å². The molecule has 0 atom stereocenters. The van der Waals surface area contributed by atoms with Crippen LogP contribution in [0.5, 0.6) is 0 Å². The average Bonchev–Trinajstić information content (AvgIpc) is 2.49. The van der Waals surface area contributed by atoms with Gasteiger partial charge in [-0.05, 0) is 22.0 Å². The van der Waals surface area contributed by atoms with Gasteiger partial charge in [0.2, 0.25) is 11.5 Å². The van der Waals surface area contributed by atoms with Crippen molar-refractivity contribution in [3.8, 4) is 0 Å². The lowest BCUT2D eigenvalue weighted by Crippen LogP contribution is -1.91. The van der Waals surface area contributed by atoms with Crippen molar-refractivity contribution >= 4 is 33.0 Å². The molecule has 0 saturated carbocycles. The molecule has 0 aliphatic rings. The van der Waals surface area contributed by atoms with Gasteiger partial charge in [-0.15, -0.1) is 0 Å². The van der Waals surface area contributed by atoms with Gasteiger partial charge in [-0.1, -0.05) is 0 Å². The largest absolute Gasteiger partial charge is 0.475 e.